The van der Waals surface area contributed by atoms with E-state index in [4.69, 9.17) is 36.9 Å². The quantitative estimate of drug-likeness (QED) is 0.0466. The van der Waals surface area contributed by atoms with E-state index in [1.165, 1.54) is 24.3 Å². The predicted molar refractivity (Wildman–Crippen MR) is 182 cm³/mol. The Hall–Kier alpha value is -6.32. The Morgan fingerprint density at radius 2 is 1.22 bits per heavy atom. The van der Waals surface area contributed by atoms with Crippen LogP contribution < -0.4 is 42.6 Å². The molecule has 0 aromatic heterocycles. The third-order valence-electron chi connectivity index (χ3n) is 7.19. The summed E-state index contributed by atoms with van der Waals surface area (Å²) in [7, 11) is 0. The van der Waals surface area contributed by atoms with Crippen LogP contribution in [0.1, 0.15) is 41.0 Å². The minimum absolute atomic E-state index is 0.0990. The van der Waals surface area contributed by atoms with E-state index in [0.29, 0.717) is 30.5 Å². The summed E-state index contributed by atoms with van der Waals surface area (Å²) in [6.07, 6.45) is 1.10. The normalized spacial score (nSPS) is 11.1. The highest BCUT2D eigenvalue weighted by molar-refractivity contribution is 5.92. The molecule has 3 aromatic carbocycles. The Labute approximate surface area is 288 Å². The zero-order valence-electron chi connectivity index (χ0n) is 27.2. The maximum absolute atomic E-state index is 14.0. The van der Waals surface area contributed by atoms with Crippen molar-refractivity contribution in [1.82, 2.24) is 16.0 Å². The molecule has 0 aliphatic rings. The molecule has 0 saturated heterocycles. The lowest BCUT2D eigenvalue weighted by Gasteiger charge is -2.23. The van der Waals surface area contributed by atoms with Crippen LogP contribution in [0.5, 0.6) is 11.5 Å². The lowest BCUT2D eigenvalue weighted by Crippen LogP contribution is -2.48. The molecule has 16 nitrogen and oxygen atoms in total. The van der Waals surface area contributed by atoms with Crippen LogP contribution in [0.4, 0.5) is 4.79 Å². The maximum atomic E-state index is 14.0. The molecule has 0 radical (unpaired) electrons. The Morgan fingerprint density at radius 3 is 1.70 bits per heavy atom. The van der Waals surface area contributed by atoms with E-state index in [2.05, 4.69) is 20.9 Å². The number of carboxylic acid groups (broad SMARTS) is 2. The molecule has 0 saturated carbocycles. The topological polar surface area (TPSA) is 271 Å². The molecule has 0 spiro atoms. The SMILES string of the molecule is NC(=O)NCc1ccc(CCNC(=O)[C@@H](CCCN=C(N)N)NC(=O)C(c2ccc(OCC(=O)O)cc2)c2ccc(OCC(=O)O)cc2)cc1. The number of rotatable bonds is 20. The summed E-state index contributed by atoms with van der Waals surface area (Å²) in [5.74, 6) is -3.69. The molecule has 266 valence electrons. The number of urea groups is 1. The smallest absolute Gasteiger partial charge is 0.341 e. The van der Waals surface area contributed by atoms with Gasteiger partial charge in [0.2, 0.25) is 11.8 Å². The van der Waals surface area contributed by atoms with Gasteiger partial charge in [-0.2, -0.15) is 0 Å². The third-order valence-corrected chi connectivity index (χ3v) is 7.19. The van der Waals surface area contributed by atoms with Gasteiger partial charge < -0.3 is 52.8 Å². The lowest BCUT2D eigenvalue weighted by atomic mass is 9.90. The number of benzene rings is 3. The first-order valence-electron chi connectivity index (χ1n) is 15.5. The molecule has 1 atom stereocenters. The Bertz CT molecular complexity index is 1560. The van der Waals surface area contributed by atoms with Gasteiger partial charge in [0.05, 0.1) is 5.92 Å². The average Bonchev–Trinajstić information content (AvgIpc) is 3.08. The summed E-state index contributed by atoms with van der Waals surface area (Å²) in [5.41, 5.74) is 18.8. The van der Waals surface area contributed by atoms with E-state index in [0.717, 1.165) is 11.1 Å². The second kappa shape index (κ2) is 19.5. The fourth-order valence-electron chi connectivity index (χ4n) is 4.79. The standard InChI is InChI=1S/C34H41N7O9/c35-33(36)39-16-1-2-27(31(46)38-17-15-21-3-5-22(6-4-21)18-40-34(37)48)41-32(47)30(23-7-11-25(12-8-23)49-19-28(42)43)24-9-13-26(14-10-24)50-20-29(44)45/h3-14,27,30H,1-2,15-20H2,(H,38,46)(H,41,47)(H,42,43)(H,44,45)(H4,35,36,39)(H3,37,40,48)/t27-/m1/s1. The first-order valence-corrected chi connectivity index (χ1v) is 15.5. The molecule has 0 heterocycles. The molecule has 4 amide bonds. The van der Waals surface area contributed by atoms with Gasteiger partial charge in [-0.1, -0.05) is 48.5 Å². The lowest BCUT2D eigenvalue weighted by molar-refractivity contribution is -0.140. The van der Waals surface area contributed by atoms with Gasteiger partial charge in [0.15, 0.2) is 19.2 Å². The number of hydrogen-bond donors (Lipinski definition) is 8. The van der Waals surface area contributed by atoms with E-state index in [9.17, 15) is 24.0 Å². The highest BCUT2D eigenvalue weighted by atomic mass is 16.5. The fourth-order valence-corrected chi connectivity index (χ4v) is 4.79. The van der Waals surface area contributed by atoms with Crippen molar-refractivity contribution in [2.75, 3.05) is 26.3 Å². The zero-order valence-corrected chi connectivity index (χ0v) is 27.2. The first-order chi connectivity index (χ1) is 23.9. The molecule has 16 heteroatoms. The number of guanidine groups is 1. The van der Waals surface area contributed by atoms with Gasteiger partial charge in [-0.25, -0.2) is 14.4 Å². The molecule has 0 unspecified atom stereocenters. The van der Waals surface area contributed by atoms with E-state index >= 15 is 0 Å². The monoisotopic (exact) mass is 691 g/mol. The van der Waals surface area contributed by atoms with Gasteiger partial charge in [0.1, 0.15) is 17.5 Å². The van der Waals surface area contributed by atoms with Gasteiger partial charge >= 0.3 is 18.0 Å². The Morgan fingerprint density at radius 1 is 0.700 bits per heavy atom. The van der Waals surface area contributed by atoms with E-state index in [1.54, 1.807) is 24.3 Å². The van der Waals surface area contributed by atoms with Crippen LogP contribution in [-0.4, -0.2) is 78.3 Å². The summed E-state index contributed by atoms with van der Waals surface area (Å²) in [6.45, 7) is -0.288. The molecule has 0 aliphatic heterocycles. The summed E-state index contributed by atoms with van der Waals surface area (Å²) in [4.78, 5) is 64.2. The molecule has 50 heavy (non-hydrogen) atoms. The van der Waals surface area contributed by atoms with Crippen molar-refractivity contribution >= 4 is 35.7 Å². The van der Waals surface area contributed by atoms with Crippen molar-refractivity contribution in [3.63, 3.8) is 0 Å². The molecule has 0 fully saturated rings. The Balaban J connectivity index is 1.79. The molecule has 0 bridgehead atoms. The fraction of sp³-hybridized carbons (Fsp3) is 0.294. The number of ether oxygens (including phenoxy) is 2. The third kappa shape index (κ3) is 13.4. The summed E-state index contributed by atoms with van der Waals surface area (Å²) in [6, 6.07) is 18.4. The van der Waals surface area contributed by atoms with Crippen LogP contribution >= 0.6 is 0 Å². The number of carbonyl (C=O) groups excluding carboxylic acids is 3. The van der Waals surface area contributed by atoms with Crippen molar-refractivity contribution in [2.24, 2.45) is 22.2 Å². The minimum atomic E-state index is -1.15. The number of nitrogens with zero attached hydrogens (tertiary/aromatic N) is 1. The van der Waals surface area contributed by atoms with Gasteiger partial charge in [-0.15, -0.1) is 0 Å². The summed E-state index contributed by atoms with van der Waals surface area (Å²) >= 11 is 0. The van der Waals surface area contributed by atoms with E-state index in [1.807, 2.05) is 24.3 Å². The van der Waals surface area contributed by atoms with Gasteiger partial charge in [0.25, 0.3) is 0 Å². The zero-order chi connectivity index (χ0) is 36.5. The van der Waals surface area contributed by atoms with Crippen molar-refractivity contribution < 1.29 is 43.7 Å². The van der Waals surface area contributed by atoms with Crippen molar-refractivity contribution in [3.8, 4) is 11.5 Å². The van der Waals surface area contributed by atoms with Crippen LogP contribution in [0.2, 0.25) is 0 Å². The first kappa shape index (κ1) is 38.1. The molecular weight excluding hydrogens is 650 g/mol. The largest absolute Gasteiger partial charge is 0.482 e. The van der Waals surface area contributed by atoms with Crippen molar-refractivity contribution in [1.29, 1.82) is 0 Å². The van der Waals surface area contributed by atoms with E-state index < -0.39 is 55.0 Å². The van der Waals surface area contributed by atoms with Gasteiger partial charge in [-0.3, -0.25) is 14.6 Å². The number of aliphatic carboxylic acids is 2. The number of carbonyl (C=O) groups is 5. The highest BCUT2D eigenvalue weighted by Crippen LogP contribution is 2.29. The van der Waals surface area contributed by atoms with Crippen LogP contribution in [0.15, 0.2) is 77.8 Å². The molecule has 3 rings (SSSR count). The van der Waals surface area contributed by atoms with Crippen LogP contribution in [0.25, 0.3) is 0 Å². The van der Waals surface area contributed by atoms with Crippen molar-refractivity contribution in [2.45, 2.75) is 37.8 Å². The maximum Gasteiger partial charge on any atom is 0.341 e. The minimum Gasteiger partial charge on any atom is -0.482 e. The summed E-state index contributed by atoms with van der Waals surface area (Å²) < 4.78 is 10.5. The van der Waals surface area contributed by atoms with Crippen LogP contribution in [0, 0.1) is 0 Å². The number of carboxylic acids is 2. The number of amides is 4. The van der Waals surface area contributed by atoms with Crippen molar-refractivity contribution in [3.05, 3.63) is 95.1 Å². The Kier molecular flexibility index (Phi) is 14.9. The molecule has 3 aromatic rings. The predicted octanol–water partition coefficient (Wildman–Crippen LogP) is 0.811. The second-order valence-electron chi connectivity index (χ2n) is 11.0. The number of hydrogen-bond acceptors (Lipinski definition) is 8. The number of nitrogens with one attached hydrogen (secondary N) is 3. The second-order valence-corrected chi connectivity index (χ2v) is 11.0. The van der Waals surface area contributed by atoms with Crippen LogP contribution in [-0.2, 0) is 32.1 Å². The molecular formula is C34H41N7O9. The van der Waals surface area contributed by atoms with E-state index in [-0.39, 0.29) is 37.0 Å². The number of primary amides is 1. The van der Waals surface area contributed by atoms with Crippen LogP contribution in [0.3, 0.4) is 0 Å². The molecule has 0 aliphatic carbocycles. The van der Waals surface area contributed by atoms with Gasteiger partial charge in [-0.05, 0) is 65.8 Å². The number of aliphatic imine (C=N–C) groups is 1. The highest BCUT2D eigenvalue weighted by Gasteiger charge is 2.28. The average molecular weight is 692 g/mol. The molecule has 11 N–H and O–H groups in total. The van der Waals surface area contributed by atoms with Gasteiger partial charge in [0, 0.05) is 19.6 Å². The number of nitrogens with two attached hydrogens (primary N) is 3. The summed E-state index contributed by atoms with van der Waals surface area (Å²) in [5, 5.41) is 26.1.